The molecule has 0 saturated heterocycles. The van der Waals surface area contributed by atoms with Gasteiger partial charge in [-0.15, -0.1) is 0 Å². The van der Waals surface area contributed by atoms with Crippen molar-refractivity contribution in [3.05, 3.63) is 0 Å². The Hall–Kier alpha value is -0.530. The Morgan fingerprint density at radius 3 is 3.33 bits per heavy atom. The molecule has 1 N–H and O–H groups in total. The van der Waals surface area contributed by atoms with Crippen LogP contribution in [0.2, 0.25) is 0 Å². The van der Waals surface area contributed by atoms with Gasteiger partial charge in [-0.2, -0.15) is 0 Å². The molecule has 9 heavy (non-hydrogen) atoms. The fourth-order valence-electron chi connectivity index (χ4n) is 1.81. The summed E-state index contributed by atoms with van der Waals surface area (Å²) >= 11 is 0. The first-order chi connectivity index (χ1) is 4.47. The van der Waals surface area contributed by atoms with E-state index in [2.05, 4.69) is 10.3 Å². The minimum absolute atomic E-state index is 0.766. The van der Waals surface area contributed by atoms with Crippen molar-refractivity contribution in [1.29, 1.82) is 0 Å². The lowest BCUT2D eigenvalue weighted by atomic mass is 10.0. The zero-order valence-electron chi connectivity index (χ0n) is 5.51. The van der Waals surface area contributed by atoms with Crippen molar-refractivity contribution >= 4 is 6.34 Å². The summed E-state index contributed by atoms with van der Waals surface area (Å²) in [5, 5.41) is 3.29. The van der Waals surface area contributed by atoms with Gasteiger partial charge in [0.15, 0.2) is 0 Å². The van der Waals surface area contributed by atoms with Gasteiger partial charge < -0.3 is 5.32 Å². The molecule has 1 fully saturated rings. The maximum atomic E-state index is 4.18. The lowest BCUT2D eigenvalue weighted by molar-refractivity contribution is 0.444. The van der Waals surface area contributed by atoms with Gasteiger partial charge in [-0.1, -0.05) is 6.42 Å². The van der Waals surface area contributed by atoms with Gasteiger partial charge in [-0.3, -0.25) is 4.99 Å². The van der Waals surface area contributed by atoms with Crippen LogP contribution < -0.4 is 5.32 Å². The Morgan fingerprint density at radius 1 is 1.44 bits per heavy atom. The van der Waals surface area contributed by atoms with E-state index in [0.29, 0.717) is 0 Å². The molecule has 0 aromatic carbocycles. The van der Waals surface area contributed by atoms with Crippen molar-refractivity contribution in [3.8, 4) is 0 Å². The van der Waals surface area contributed by atoms with Gasteiger partial charge in [0.1, 0.15) is 0 Å². The Bertz CT molecular complexity index is 117. The van der Waals surface area contributed by atoms with Gasteiger partial charge in [0.25, 0.3) is 0 Å². The van der Waals surface area contributed by atoms with Gasteiger partial charge >= 0.3 is 0 Å². The van der Waals surface area contributed by atoms with Crippen molar-refractivity contribution < 1.29 is 0 Å². The summed E-state index contributed by atoms with van der Waals surface area (Å²) in [5.41, 5.74) is 0. The number of hydrogen-bond acceptors (Lipinski definition) is 2. The lowest BCUT2D eigenvalue weighted by Gasteiger charge is -2.21. The van der Waals surface area contributed by atoms with E-state index in [9.17, 15) is 0 Å². The summed E-state index contributed by atoms with van der Waals surface area (Å²) in [4.78, 5) is 4.18. The van der Waals surface area contributed by atoms with Crippen LogP contribution in [0.15, 0.2) is 4.99 Å². The molecule has 0 aromatic heterocycles. The molecule has 0 bridgehead atoms. The van der Waals surface area contributed by atoms with Gasteiger partial charge in [-0.05, 0) is 18.8 Å². The van der Waals surface area contributed by atoms with E-state index >= 15 is 0 Å². The minimum Gasteiger partial charge on any atom is -0.373 e. The van der Waals surface area contributed by atoms with Crippen molar-refractivity contribution in [2.45, 2.75) is 25.3 Å². The molecule has 2 aliphatic rings. The second kappa shape index (κ2) is 2.01. The maximum Gasteiger partial charge on any atom is 0.0826 e. The van der Waals surface area contributed by atoms with Crippen LogP contribution in [0.25, 0.3) is 0 Å². The van der Waals surface area contributed by atoms with E-state index in [1.807, 2.05) is 6.34 Å². The summed E-state index contributed by atoms with van der Waals surface area (Å²) in [6.45, 7) is 1.07. The van der Waals surface area contributed by atoms with Gasteiger partial charge in [0.05, 0.1) is 6.34 Å². The van der Waals surface area contributed by atoms with E-state index < -0.39 is 0 Å². The topological polar surface area (TPSA) is 24.4 Å². The number of rotatable bonds is 0. The fourth-order valence-corrected chi connectivity index (χ4v) is 1.81. The molecule has 1 aliphatic heterocycles. The number of aliphatic imine (C=N–C) groups is 1. The lowest BCUT2D eigenvalue weighted by Crippen LogP contribution is -2.36. The van der Waals surface area contributed by atoms with E-state index in [0.717, 1.165) is 18.5 Å². The highest BCUT2D eigenvalue weighted by Gasteiger charge is 2.27. The third kappa shape index (κ3) is 0.824. The molecule has 2 atom stereocenters. The molecule has 50 valence electrons. The SMILES string of the molecule is C1=NCC2CCCC2N1. The highest BCUT2D eigenvalue weighted by atomic mass is 15.0. The van der Waals surface area contributed by atoms with Gasteiger partial charge in [0, 0.05) is 12.6 Å². The zero-order chi connectivity index (χ0) is 6.10. The molecule has 0 amide bonds. The molecule has 2 rings (SSSR count). The summed E-state index contributed by atoms with van der Waals surface area (Å²) < 4.78 is 0. The summed E-state index contributed by atoms with van der Waals surface area (Å²) in [6, 6.07) is 0.766. The van der Waals surface area contributed by atoms with Crippen molar-refractivity contribution in [3.63, 3.8) is 0 Å². The predicted molar refractivity (Wildman–Crippen MR) is 37.6 cm³/mol. The van der Waals surface area contributed by atoms with Crippen LogP contribution >= 0.6 is 0 Å². The first-order valence-electron chi connectivity index (χ1n) is 3.71. The standard InChI is InChI=1S/C7H12N2/c1-2-6-4-8-5-9-7(6)3-1/h5-7H,1-4H2,(H,8,9). The zero-order valence-corrected chi connectivity index (χ0v) is 5.51. The third-order valence-corrected chi connectivity index (χ3v) is 2.38. The Morgan fingerprint density at radius 2 is 2.44 bits per heavy atom. The summed E-state index contributed by atoms with van der Waals surface area (Å²) in [7, 11) is 0. The van der Waals surface area contributed by atoms with Crippen LogP contribution in [-0.4, -0.2) is 18.9 Å². The van der Waals surface area contributed by atoms with Crippen LogP contribution in [-0.2, 0) is 0 Å². The number of nitrogens with one attached hydrogen (secondary N) is 1. The Kier molecular flexibility index (Phi) is 1.18. The molecular weight excluding hydrogens is 112 g/mol. The average Bonchev–Trinajstić information content (AvgIpc) is 2.33. The molecule has 1 aliphatic carbocycles. The van der Waals surface area contributed by atoms with Crippen LogP contribution in [0.5, 0.6) is 0 Å². The smallest absolute Gasteiger partial charge is 0.0826 e. The first-order valence-corrected chi connectivity index (χ1v) is 3.71. The molecule has 2 unspecified atom stereocenters. The number of hydrogen-bond donors (Lipinski definition) is 1. The van der Waals surface area contributed by atoms with E-state index in [1.54, 1.807) is 0 Å². The molecule has 0 aromatic rings. The van der Waals surface area contributed by atoms with Gasteiger partial charge in [0.2, 0.25) is 0 Å². The highest BCUT2D eigenvalue weighted by molar-refractivity contribution is 5.56. The summed E-state index contributed by atoms with van der Waals surface area (Å²) in [6.07, 6.45) is 6.00. The highest BCUT2D eigenvalue weighted by Crippen LogP contribution is 2.26. The minimum atomic E-state index is 0.766. The molecule has 2 nitrogen and oxygen atoms in total. The van der Waals surface area contributed by atoms with E-state index in [-0.39, 0.29) is 0 Å². The van der Waals surface area contributed by atoms with Crippen LogP contribution in [0, 0.1) is 5.92 Å². The first kappa shape index (κ1) is 5.27. The second-order valence-electron chi connectivity index (χ2n) is 2.96. The van der Waals surface area contributed by atoms with Crippen molar-refractivity contribution in [2.24, 2.45) is 10.9 Å². The molecule has 2 heteroatoms. The predicted octanol–water partition coefficient (Wildman–Crippen LogP) is 0.787. The Balaban J connectivity index is 2.07. The molecule has 0 spiro atoms. The molecular formula is C7H12N2. The summed E-state index contributed by atoms with van der Waals surface area (Å²) in [5.74, 6) is 0.856. The maximum absolute atomic E-state index is 4.18. The average molecular weight is 124 g/mol. The normalized spacial score (nSPS) is 40.0. The third-order valence-electron chi connectivity index (χ3n) is 2.38. The van der Waals surface area contributed by atoms with E-state index in [1.165, 1.54) is 19.3 Å². The second-order valence-corrected chi connectivity index (χ2v) is 2.96. The van der Waals surface area contributed by atoms with E-state index in [4.69, 9.17) is 0 Å². The van der Waals surface area contributed by atoms with Crippen LogP contribution in [0.1, 0.15) is 19.3 Å². The van der Waals surface area contributed by atoms with Crippen molar-refractivity contribution in [1.82, 2.24) is 5.32 Å². The fraction of sp³-hybridized carbons (Fsp3) is 0.857. The van der Waals surface area contributed by atoms with Crippen molar-refractivity contribution in [2.75, 3.05) is 6.54 Å². The molecule has 1 saturated carbocycles. The largest absolute Gasteiger partial charge is 0.373 e. The number of nitrogens with zero attached hydrogens (tertiary/aromatic N) is 1. The van der Waals surface area contributed by atoms with Crippen LogP contribution in [0.3, 0.4) is 0 Å². The van der Waals surface area contributed by atoms with Crippen LogP contribution in [0.4, 0.5) is 0 Å². The monoisotopic (exact) mass is 124 g/mol. The Labute approximate surface area is 55.4 Å². The van der Waals surface area contributed by atoms with Gasteiger partial charge in [-0.25, -0.2) is 0 Å². The molecule has 1 heterocycles. The molecule has 0 radical (unpaired) electrons. The number of fused-ring (bicyclic) bond motifs is 1. The quantitative estimate of drug-likeness (QED) is 0.507.